The van der Waals surface area contributed by atoms with E-state index in [9.17, 15) is 0 Å². The van der Waals surface area contributed by atoms with Gasteiger partial charge in [-0.05, 0) is 19.9 Å². The Morgan fingerprint density at radius 1 is 1.18 bits per heavy atom. The molecule has 11 heavy (non-hydrogen) atoms. The lowest BCUT2D eigenvalue weighted by molar-refractivity contribution is 1.23. The van der Waals surface area contributed by atoms with Gasteiger partial charge in [0.1, 0.15) is 0 Å². The molecule has 0 aliphatic carbocycles. The molecule has 0 aromatic heterocycles. The molecular weight excluding hydrogens is 134 g/mol. The second-order valence-electron chi connectivity index (χ2n) is 2.26. The van der Waals surface area contributed by atoms with Gasteiger partial charge in [0.25, 0.3) is 0 Å². The van der Waals surface area contributed by atoms with Gasteiger partial charge in [0.05, 0.1) is 6.54 Å². The molecule has 0 N–H and O–H groups in total. The van der Waals surface area contributed by atoms with Gasteiger partial charge < -0.3 is 0 Å². The molecule has 1 aliphatic heterocycles. The second-order valence-corrected chi connectivity index (χ2v) is 2.26. The van der Waals surface area contributed by atoms with E-state index in [2.05, 4.69) is 24.1 Å². The van der Waals surface area contributed by atoms with Crippen LogP contribution in [0.4, 0.5) is 0 Å². The molecule has 0 saturated carbocycles. The van der Waals surface area contributed by atoms with Crippen molar-refractivity contribution in [2.45, 2.75) is 27.7 Å². The largest absolute Gasteiger partial charge is 0.286 e. The van der Waals surface area contributed by atoms with Crippen molar-refractivity contribution in [2.75, 3.05) is 6.54 Å². The van der Waals surface area contributed by atoms with Gasteiger partial charge in [-0.15, -0.1) is 0 Å². The van der Waals surface area contributed by atoms with Crippen molar-refractivity contribution in [3.05, 3.63) is 23.8 Å². The summed E-state index contributed by atoms with van der Waals surface area (Å²) in [5, 5.41) is 0. The molecule has 1 nitrogen and oxygen atoms in total. The summed E-state index contributed by atoms with van der Waals surface area (Å²) in [6.45, 7) is 8.94. The van der Waals surface area contributed by atoms with Crippen LogP contribution in [0.25, 0.3) is 0 Å². The second kappa shape index (κ2) is 5.90. The molecule has 0 spiro atoms. The molecule has 0 atom stereocenters. The van der Waals surface area contributed by atoms with E-state index in [1.165, 1.54) is 5.57 Å². The van der Waals surface area contributed by atoms with Crippen molar-refractivity contribution < 1.29 is 0 Å². The van der Waals surface area contributed by atoms with Gasteiger partial charge in [0.15, 0.2) is 0 Å². The topological polar surface area (TPSA) is 12.4 Å². The van der Waals surface area contributed by atoms with E-state index in [0.29, 0.717) is 0 Å². The minimum absolute atomic E-state index is 0.838. The van der Waals surface area contributed by atoms with Crippen LogP contribution in [0.15, 0.2) is 28.8 Å². The standard InChI is InChI=1S/C8H11N.C2H6/c1-7-3-4-8(2)9-6-5-7;1-2/h3-5H,6H2,1-2H3;1-2H3. The summed E-state index contributed by atoms with van der Waals surface area (Å²) in [5.74, 6) is 0. The predicted molar refractivity (Wildman–Crippen MR) is 52.2 cm³/mol. The molecule has 1 aliphatic rings. The first-order valence-corrected chi connectivity index (χ1v) is 4.15. The maximum atomic E-state index is 4.23. The molecule has 1 heteroatoms. The summed E-state index contributed by atoms with van der Waals surface area (Å²) in [7, 11) is 0. The molecule has 0 amide bonds. The van der Waals surface area contributed by atoms with E-state index < -0.39 is 0 Å². The third kappa shape index (κ3) is 4.54. The van der Waals surface area contributed by atoms with E-state index in [0.717, 1.165) is 12.3 Å². The monoisotopic (exact) mass is 151 g/mol. The normalized spacial score (nSPS) is 15.6. The molecule has 62 valence electrons. The minimum atomic E-state index is 0.838. The number of hydrogen-bond acceptors (Lipinski definition) is 1. The Morgan fingerprint density at radius 2 is 1.82 bits per heavy atom. The summed E-state index contributed by atoms with van der Waals surface area (Å²) in [5.41, 5.74) is 2.42. The van der Waals surface area contributed by atoms with Gasteiger partial charge in [-0.2, -0.15) is 0 Å². The average Bonchev–Trinajstić information content (AvgIpc) is 2.20. The van der Waals surface area contributed by atoms with Crippen LogP contribution in [-0.4, -0.2) is 12.3 Å². The Balaban J connectivity index is 0.000000461. The highest BCUT2D eigenvalue weighted by Gasteiger charge is 1.88. The number of hydrogen-bond donors (Lipinski definition) is 0. The lowest BCUT2D eigenvalue weighted by Gasteiger charge is -1.83. The van der Waals surface area contributed by atoms with Crippen LogP contribution in [0.2, 0.25) is 0 Å². The highest BCUT2D eigenvalue weighted by atomic mass is 14.7. The highest BCUT2D eigenvalue weighted by molar-refractivity contribution is 5.93. The van der Waals surface area contributed by atoms with Crippen molar-refractivity contribution in [3.63, 3.8) is 0 Å². The van der Waals surface area contributed by atoms with Crippen molar-refractivity contribution in [2.24, 2.45) is 4.99 Å². The third-order valence-corrected chi connectivity index (χ3v) is 1.34. The zero-order valence-electron chi connectivity index (χ0n) is 7.89. The Hall–Kier alpha value is -0.850. The fourth-order valence-corrected chi connectivity index (χ4v) is 0.706. The van der Waals surface area contributed by atoms with Crippen LogP contribution >= 0.6 is 0 Å². The number of allylic oxidation sites excluding steroid dienone is 3. The zero-order valence-corrected chi connectivity index (χ0v) is 7.89. The third-order valence-electron chi connectivity index (χ3n) is 1.34. The van der Waals surface area contributed by atoms with Gasteiger partial charge in [-0.1, -0.05) is 31.6 Å². The SMILES string of the molecule is CC.CC1=CCN=C(C)C=C1. The fraction of sp³-hybridized carbons (Fsp3) is 0.500. The first-order valence-electron chi connectivity index (χ1n) is 4.15. The number of nitrogens with zero attached hydrogens (tertiary/aromatic N) is 1. The quantitative estimate of drug-likeness (QED) is 0.504. The van der Waals surface area contributed by atoms with E-state index >= 15 is 0 Å². The van der Waals surface area contributed by atoms with Crippen molar-refractivity contribution in [1.29, 1.82) is 0 Å². The van der Waals surface area contributed by atoms with Crippen LogP contribution in [0.5, 0.6) is 0 Å². The summed E-state index contributed by atoms with van der Waals surface area (Å²) >= 11 is 0. The highest BCUT2D eigenvalue weighted by Crippen LogP contribution is 1.99. The summed E-state index contributed by atoms with van der Waals surface area (Å²) in [6.07, 6.45) is 6.25. The molecule has 0 radical (unpaired) electrons. The van der Waals surface area contributed by atoms with Crippen molar-refractivity contribution >= 4 is 5.71 Å². The van der Waals surface area contributed by atoms with Crippen LogP contribution in [-0.2, 0) is 0 Å². The summed E-state index contributed by atoms with van der Waals surface area (Å²) in [6, 6.07) is 0. The molecular formula is C10H17N. The molecule has 0 saturated heterocycles. The molecule has 0 unspecified atom stereocenters. The fourth-order valence-electron chi connectivity index (χ4n) is 0.706. The average molecular weight is 151 g/mol. The van der Waals surface area contributed by atoms with E-state index in [1.54, 1.807) is 0 Å². The van der Waals surface area contributed by atoms with Gasteiger partial charge >= 0.3 is 0 Å². The summed E-state index contributed by atoms with van der Waals surface area (Å²) < 4.78 is 0. The van der Waals surface area contributed by atoms with Crippen LogP contribution in [0.1, 0.15) is 27.7 Å². The molecule has 1 heterocycles. The lowest BCUT2D eigenvalue weighted by atomic mass is 10.2. The maximum absolute atomic E-state index is 4.23. The molecule has 0 bridgehead atoms. The summed E-state index contributed by atoms with van der Waals surface area (Å²) in [4.78, 5) is 4.23. The Labute approximate surface area is 69.5 Å². The minimum Gasteiger partial charge on any atom is -0.286 e. The van der Waals surface area contributed by atoms with E-state index in [-0.39, 0.29) is 0 Å². The van der Waals surface area contributed by atoms with Gasteiger partial charge in [0.2, 0.25) is 0 Å². The first-order chi connectivity index (χ1) is 5.29. The van der Waals surface area contributed by atoms with Gasteiger partial charge in [0, 0.05) is 5.71 Å². The van der Waals surface area contributed by atoms with E-state index in [4.69, 9.17) is 0 Å². The first kappa shape index (κ1) is 10.2. The van der Waals surface area contributed by atoms with Gasteiger partial charge in [-0.3, -0.25) is 4.99 Å². The van der Waals surface area contributed by atoms with Crippen LogP contribution < -0.4 is 0 Å². The molecule has 0 aromatic carbocycles. The van der Waals surface area contributed by atoms with Crippen molar-refractivity contribution in [3.8, 4) is 0 Å². The van der Waals surface area contributed by atoms with Crippen LogP contribution in [0, 0.1) is 0 Å². The number of aliphatic imine (C=N–C) groups is 1. The Kier molecular flexibility index (Phi) is 5.44. The zero-order chi connectivity index (χ0) is 8.69. The van der Waals surface area contributed by atoms with Crippen molar-refractivity contribution in [1.82, 2.24) is 0 Å². The predicted octanol–water partition coefficient (Wildman–Crippen LogP) is 2.99. The Bertz CT molecular complexity index is 165. The van der Waals surface area contributed by atoms with E-state index in [1.807, 2.05) is 26.8 Å². The smallest absolute Gasteiger partial charge is 0.0579 e. The molecule has 1 rings (SSSR count). The molecule has 0 fully saturated rings. The van der Waals surface area contributed by atoms with Crippen LogP contribution in [0.3, 0.4) is 0 Å². The molecule has 0 aromatic rings. The Morgan fingerprint density at radius 3 is 2.45 bits per heavy atom. The van der Waals surface area contributed by atoms with Gasteiger partial charge in [-0.25, -0.2) is 0 Å². The maximum Gasteiger partial charge on any atom is 0.0579 e. The lowest BCUT2D eigenvalue weighted by Crippen LogP contribution is -1.82. The number of rotatable bonds is 0.